The van der Waals surface area contributed by atoms with Gasteiger partial charge in [0, 0.05) is 21.1 Å². The molecule has 0 bridgehead atoms. The Bertz CT molecular complexity index is 116. The molecule has 1 heteroatoms. The predicted molar refractivity (Wildman–Crippen MR) is 31.9 cm³/mol. The van der Waals surface area contributed by atoms with Gasteiger partial charge in [0.25, 0.3) is 0 Å². The van der Waals surface area contributed by atoms with Crippen molar-refractivity contribution < 1.29 is 22.5 Å². The Morgan fingerprint density at radius 1 is 1.88 bits per heavy atom. The molecule has 0 atom stereocenters. The second-order valence-electron chi connectivity index (χ2n) is 1.66. The molecule has 0 aromatic heterocycles. The summed E-state index contributed by atoms with van der Waals surface area (Å²) < 4.78 is 0. The first-order chi connectivity index (χ1) is 3.43. The molecule has 0 radical (unpaired) electrons. The summed E-state index contributed by atoms with van der Waals surface area (Å²) in [6, 6.07) is 0. The van der Waals surface area contributed by atoms with Gasteiger partial charge in [-0.05, 0) is 0 Å². The number of hydrogen-bond donors (Lipinski definition) is 0. The monoisotopic (exact) mass is 192 g/mol. The summed E-state index contributed by atoms with van der Waals surface area (Å²) in [7, 11) is 0. The van der Waals surface area contributed by atoms with Crippen LogP contribution in [0.3, 0.4) is 0 Å². The van der Waals surface area contributed by atoms with Gasteiger partial charge in [0.05, 0.1) is 0 Å². The average molecular weight is 190 g/mol. The predicted octanol–water partition coefficient (Wildman–Crippen LogP) is 2.20. The zero-order valence-electron chi connectivity index (χ0n) is 5.98. The normalized spacial score (nSPS) is 15.4. The second-order valence-corrected chi connectivity index (χ2v) is 1.66. The molecular formula is C7H10Mo-2. The summed E-state index contributed by atoms with van der Waals surface area (Å²) in [5.41, 5.74) is 1.36. The van der Waals surface area contributed by atoms with E-state index in [1.807, 2.05) is 0 Å². The molecule has 0 aromatic carbocycles. The van der Waals surface area contributed by atoms with E-state index in [-0.39, 0.29) is 22.5 Å². The van der Waals surface area contributed by atoms with Crippen LogP contribution in [0.1, 0.15) is 21.2 Å². The van der Waals surface area contributed by atoms with Gasteiger partial charge in [-0.15, -0.1) is 6.42 Å². The molecule has 0 amide bonds. The van der Waals surface area contributed by atoms with E-state index >= 15 is 0 Å². The molecule has 0 aliphatic heterocycles. The van der Waals surface area contributed by atoms with Crippen LogP contribution >= 0.6 is 0 Å². The van der Waals surface area contributed by atoms with Crippen molar-refractivity contribution in [2.45, 2.75) is 19.8 Å². The molecule has 0 aromatic rings. The van der Waals surface area contributed by atoms with Gasteiger partial charge in [0.1, 0.15) is 0 Å². The minimum absolute atomic E-state index is 0. The molecule has 1 aliphatic rings. The second kappa shape index (κ2) is 4.09. The van der Waals surface area contributed by atoms with Crippen LogP contribution in [0.5, 0.6) is 0 Å². The van der Waals surface area contributed by atoms with Crippen molar-refractivity contribution in [1.82, 2.24) is 0 Å². The molecule has 0 nitrogen and oxygen atoms in total. The quantitative estimate of drug-likeness (QED) is 0.439. The molecule has 0 saturated heterocycles. The molecule has 0 heterocycles. The van der Waals surface area contributed by atoms with E-state index in [2.05, 4.69) is 25.2 Å². The topological polar surface area (TPSA) is 0 Å². The van der Waals surface area contributed by atoms with Crippen LogP contribution in [0.15, 0.2) is 17.7 Å². The van der Waals surface area contributed by atoms with E-state index in [0.717, 1.165) is 12.8 Å². The Kier molecular flexibility index (Phi) is 4.17. The third-order valence-corrected chi connectivity index (χ3v) is 1.15. The first-order valence-electron chi connectivity index (χ1n) is 2.69. The largest absolute Gasteiger partial charge is 1.00 e. The van der Waals surface area contributed by atoms with Gasteiger partial charge in [-0.3, -0.25) is 6.08 Å². The van der Waals surface area contributed by atoms with Gasteiger partial charge >= 0.3 is 0 Å². The molecule has 1 aliphatic carbocycles. The maximum atomic E-state index is 3.21. The Balaban J connectivity index is 0. The maximum Gasteiger partial charge on any atom is 0 e. The van der Waals surface area contributed by atoms with Crippen molar-refractivity contribution in [3.63, 3.8) is 0 Å². The molecule has 1 rings (SSSR count). The smallest absolute Gasteiger partial charge is 0 e. The molecular weight excluding hydrogens is 180 g/mol. The fourth-order valence-corrected chi connectivity index (χ4v) is 0.693. The van der Waals surface area contributed by atoms with Crippen LogP contribution in [0.4, 0.5) is 0 Å². The SMILES string of the molecule is CCC1=[C-]CC=C1.[H-].[Mo]. The zero-order chi connectivity index (χ0) is 5.11. The zero-order valence-corrected chi connectivity index (χ0v) is 6.98. The van der Waals surface area contributed by atoms with Crippen LogP contribution in [0.2, 0.25) is 0 Å². The van der Waals surface area contributed by atoms with Crippen LogP contribution in [0.25, 0.3) is 0 Å². The Hall–Kier alpha value is 0.168. The molecule has 0 unspecified atom stereocenters. The minimum atomic E-state index is 0. The Morgan fingerprint density at radius 2 is 2.62 bits per heavy atom. The van der Waals surface area contributed by atoms with Gasteiger partial charge in [0.15, 0.2) is 0 Å². The third-order valence-electron chi connectivity index (χ3n) is 1.15. The fraction of sp³-hybridized carbons (Fsp3) is 0.429. The van der Waals surface area contributed by atoms with E-state index in [0.29, 0.717) is 0 Å². The summed E-state index contributed by atoms with van der Waals surface area (Å²) in [5.74, 6) is 0. The standard InChI is InChI=1S/C7H9.Mo.H/c1-2-7-5-3-4-6-7;;/h3,5H,2,4H2,1H3;;/q-1;;-1. The molecule has 0 N–H and O–H groups in total. The van der Waals surface area contributed by atoms with Crippen molar-refractivity contribution in [2.75, 3.05) is 0 Å². The first kappa shape index (κ1) is 8.17. The van der Waals surface area contributed by atoms with Crippen molar-refractivity contribution in [1.29, 1.82) is 0 Å². The average Bonchev–Trinajstić information content (AvgIpc) is 2.14. The third kappa shape index (κ3) is 1.96. The summed E-state index contributed by atoms with van der Waals surface area (Å²) in [5, 5.41) is 0. The number of rotatable bonds is 1. The Labute approximate surface area is 66.4 Å². The molecule has 0 spiro atoms. The van der Waals surface area contributed by atoms with E-state index in [1.54, 1.807) is 0 Å². The number of allylic oxidation sites excluding steroid dienone is 4. The van der Waals surface area contributed by atoms with Crippen LogP contribution < -0.4 is 0 Å². The first-order valence-corrected chi connectivity index (χ1v) is 2.69. The van der Waals surface area contributed by atoms with Crippen LogP contribution in [-0.4, -0.2) is 0 Å². The van der Waals surface area contributed by atoms with Gasteiger partial charge in [-0.1, -0.05) is 13.3 Å². The van der Waals surface area contributed by atoms with Gasteiger partial charge in [-0.2, -0.15) is 6.08 Å². The van der Waals surface area contributed by atoms with Crippen LogP contribution in [-0.2, 0) is 21.1 Å². The molecule has 0 saturated carbocycles. The van der Waals surface area contributed by atoms with Crippen molar-refractivity contribution in [3.05, 3.63) is 23.8 Å². The maximum absolute atomic E-state index is 3.21. The van der Waals surface area contributed by atoms with E-state index < -0.39 is 0 Å². The summed E-state index contributed by atoms with van der Waals surface area (Å²) in [6.45, 7) is 2.15. The molecule has 0 fully saturated rings. The Morgan fingerprint density at radius 3 is 2.88 bits per heavy atom. The van der Waals surface area contributed by atoms with Crippen molar-refractivity contribution in [2.24, 2.45) is 0 Å². The van der Waals surface area contributed by atoms with Gasteiger partial charge in [-0.25, -0.2) is 11.6 Å². The van der Waals surface area contributed by atoms with Crippen LogP contribution in [0, 0.1) is 6.08 Å². The van der Waals surface area contributed by atoms with E-state index in [4.69, 9.17) is 0 Å². The summed E-state index contributed by atoms with van der Waals surface area (Å²) >= 11 is 0. The molecule has 8 heavy (non-hydrogen) atoms. The van der Waals surface area contributed by atoms with E-state index in [9.17, 15) is 0 Å². The van der Waals surface area contributed by atoms with Gasteiger partial charge < -0.3 is 1.43 Å². The van der Waals surface area contributed by atoms with Crippen molar-refractivity contribution >= 4 is 0 Å². The van der Waals surface area contributed by atoms with Crippen molar-refractivity contribution in [3.8, 4) is 0 Å². The summed E-state index contributed by atoms with van der Waals surface area (Å²) in [4.78, 5) is 0. The minimum Gasteiger partial charge on any atom is -1.00 e. The molecule has 46 valence electrons. The summed E-state index contributed by atoms with van der Waals surface area (Å²) in [6.07, 6.45) is 9.65. The van der Waals surface area contributed by atoms with Gasteiger partial charge in [0.2, 0.25) is 0 Å². The number of hydrogen-bond acceptors (Lipinski definition) is 0. The fourth-order valence-electron chi connectivity index (χ4n) is 0.693. The van der Waals surface area contributed by atoms with E-state index in [1.165, 1.54) is 5.57 Å².